The van der Waals surface area contributed by atoms with Crippen molar-refractivity contribution in [1.82, 2.24) is 20.1 Å². The van der Waals surface area contributed by atoms with Gasteiger partial charge in [-0.15, -0.1) is 0 Å². The normalized spacial score (nSPS) is 14.4. The smallest absolute Gasteiger partial charge is 0.0641 e. The number of rotatable bonds is 5. The van der Waals surface area contributed by atoms with Gasteiger partial charge in [0.05, 0.1) is 17.9 Å². The van der Waals surface area contributed by atoms with Crippen molar-refractivity contribution in [3.8, 4) is 0 Å². The van der Waals surface area contributed by atoms with Crippen LogP contribution in [-0.4, -0.2) is 20.8 Å². The van der Waals surface area contributed by atoms with Gasteiger partial charge in [-0.2, -0.15) is 5.10 Å². The third-order valence-corrected chi connectivity index (χ3v) is 3.20. The van der Waals surface area contributed by atoms with Crippen LogP contribution in [0.3, 0.4) is 0 Å². The molecular formula is C14H20N4. The maximum absolute atomic E-state index is 4.35. The molecule has 2 aromatic rings. The second-order valence-electron chi connectivity index (χ2n) is 4.73. The molecule has 1 N–H and O–H groups in total. The highest BCUT2D eigenvalue weighted by atomic mass is 15.3. The van der Waals surface area contributed by atoms with Gasteiger partial charge >= 0.3 is 0 Å². The zero-order valence-electron chi connectivity index (χ0n) is 11.2. The lowest BCUT2D eigenvalue weighted by Crippen LogP contribution is -2.33. The fourth-order valence-corrected chi connectivity index (χ4v) is 1.82. The zero-order chi connectivity index (χ0) is 13.0. The van der Waals surface area contributed by atoms with Crippen molar-refractivity contribution in [2.24, 2.45) is 0 Å². The molecule has 4 nitrogen and oxygen atoms in total. The maximum Gasteiger partial charge on any atom is 0.0641 e. The molecule has 0 bridgehead atoms. The van der Waals surface area contributed by atoms with Crippen LogP contribution in [0.4, 0.5) is 0 Å². The van der Waals surface area contributed by atoms with Crippen molar-refractivity contribution in [2.75, 3.05) is 0 Å². The van der Waals surface area contributed by atoms with Crippen LogP contribution in [0.25, 0.3) is 0 Å². The summed E-state index contributed by atoms with van der Waals surface area (Å²) in [5, 5.41) is 7.84. The molecule has 0 radical (unpaired) electrons. The first kappa shape index (κ1) is 12.8. The van der Waals surface area contributed by atoms with E-state index >= 15 is 0 Å². The molecule has 0 saturated heterocycles. The number of aromatic nitrogens is 3. The maximum atomic E-state index is 4.35. The molecule has 0 aliphatic carbocycles. The summed E-state index contributed by atoms with van der Waals surface area (Å²) in [7, 11) is 0. The van der Waals surface area contributed by atoms with Crippen LogP contribution in [-0.2, 0) is 6.54 Å². The molecule has 2 rings (SSSR count). The Balaban J connectivity index is 1.90. The SMILES string of the molecule is Cc1cnn(C(C)C(C)NCc2ccccn2)c1. The summed E-state index contributed by atoms with van der Waals surface area (Å²) in [6.45, 7) is 7.18. The van der Waals surface area contributed by atoms with Gasteiger partial charge in [0.1, 0.15) is 0 Å². The van der Waals surface area contributed by atoms with E-state index in [0.717, 1.165) is 12.2 Å². The summed E-state index contributed by atoms with van der Waals surface area (Å²) in [5.74, 6) is 0. The van der Waals surface area contributed by atoms with Gasteiger partial charge in [0.15, 0.2) is 0 Å². The third-order valence-electron chi connectivity index (χ3n) is 3.20. The minimum absolute atomic E-state index is 0.322. The van der Waals surface area contributed by atoms with Gasteiger partial charge in [0, 0.05) is 25.0 Å². The van der Waals surface area contributed by atoms with E-state index in [-0.39, 0.29) is 0 Å². The molecule has 0 saturated carbocycles. The van der Waals surface area contributed by atoms with Crippen molar-refractivity contribution in [3.63, 3.8) is 0 Å². The molecular weight excluding hydrogens is 224 g/mol. The van der Waals surface area contributed by atoms with E-state index in [9.17, 15) is 0 Å². The lowest BCUT2D eigenvalue weighted by atomic mass is 10.1. The van der Waals surface area contributed by atoms with Crippen LogP contribution >= 0.6 is 0 Å². The Morgan fingerprint density at radius 1 is 1.33 bits per heavy atom. The average molecular weight is 244 g/mol. The van der Waals surface area contributed by atoms with Gasteiger partial charge in [-0.05, 0) is 38.5 Å². The van der Waals surface area contributed by atoms with Crippen LogP contribution in [0.15, 0.2) is 36.8 Å². The van der Waals surface area contributed by atoms with Crippen molar-refractivity contribution in [3.05, 3.63) is 48.0 Å². The number of aryl methyl sites for hydroxylation is 1. The van der Waals surface area contributed by atoms with E-state index in [1.54, 1.807) is 0 Å². The predicted octanol–water partition coefficient (Wildman–Crippen LogP) is 2.33. The van der Waals surface area contributed by atoms with E-state index in [2.05, 4.69) is 42.4 Å². The standard InChI is InChI=1S/C14H20N4/c1-11-8-17-18(10-11)13(3)12(2)16-9-14-6-4-5-7-15-14/h4-8,10,12-13,16H,9H2,1-3H3. The summed E-state index contributed by atoms with van der Waals surface area (Å²) >= 11 is 0. The molecule has 0 amide bonds. The lowest BCUT2D eigenvalue weighted by Gasteiger charge is -2.21. The van der Waals surface area contributed by atoms with Crippen LogP contribution in [0.2, 0.25) is 0 Å². The van der Waals surface area contributed by atoms with E-state index in [0.29, 0.717) is 12.1 Å². The quantitative estimate of drug-likeness (QED) is 0.877. The highest BCUT2D eigenvalue weighted by molar-refractivity contribution is 5.04. The molecule has 0 aliphatic heterocycles. The summed E-state index contributed by atoms with van der Waals surface area (Å²) in [6.07, 6.45) is 5.79. The van der Waals surface area contributed by atoms with Gasteiger partial charge in [-0.25, -0.2) is 0 Å². The molecule has 4 heteroatoms. The van der Waals surface area contributed by atoms with Gasteiger partial charge in [0.2, 0.25) is 0 Å². The number of pyridine rings is 1. The number of hydrogen-bond acceptors (Lipinski definition) is 3. The predicted molar refractivity (Wildman–Crippen MR) is 72.2 cm³/mol. The average Bonchev–Trinajstić information content (AvgIpc) is 2.83. The molecule has 2 atom stereocenters. The Kier molecular flexibility index (Phi) is 4.10. The van der Waals surface area contributed by atoms with Crippen molar-refractivity contribution >= 4 is 0 Å². The Morgan fingerprint density at radius 3 is 2.78 bits per heavy atom. The van der Waals surface area contributed by atoms with Crippen molar-refractivity contribution in [2.45, 2.75) is 39.4 Å². The minimum atomic E-state index is 0.322. The van der Waals surface area contributed by atoms with E-state index in [1.807, 2.05) is 35.3 Å². The summed E-state index contributed by atoms with van der Waals surface area (Å²) in [6, 6.07) is 6.63. The molecule has 2 aromatic heterocycles. The molecule has 18 heavy (non-hydrogen) atoms. The highest BCUT2D eigenvalue weighted by Crippen LogP contribution is 2.11. The monoisotopic (exact) mass is 244 g/mol. The number of nitrogens with zero attached hydrogens (tertiary/aromatic N) is 3. The molecule has 0 aliphatic rings. The Labute approximate surface area is 108 Å². The Bertz CT molecular complexity index is 478. The molecule has 2 heterocycles. The van der Waals surface area contributed by atoms with Gasteiger partial charge in [-0.3, -0.25) is 9.67 Å². The van der Waals surface area contributed by atoms with Gasteiger partial charge in [0.25, 0.3) is 0 Å². The van der Waals surface area contributed by atoms with Crippen LogP contribution < -0.4 is 5.32 Å². The third kappa shape index (κ3) is 3.17. The van der Waals surface area contributed by atoms with E-state index in [1.165, 1.54) is 5.56 Å². The lowest BCUT2D eigenvalue weighted by molar-refractivity contribution is 0.363. The van der Waals surface area contributed by atoms with Crippen molar-refractivity contribution in [1.29, 1.82) is 0 Å². The molecule has 0 fully saturated rings. The van der Waals surface area contributed by atoms with Crippen LogP contribution in [0.5, 0.6) is 0 Å². The van der Waals surface area contributed by atoms with Crippen LogP contribution in [0.1, 0.15) is 31.1 Å². The zero-order valence-corrected chi connectivity index (χ0v) is 11.2. The largest absolute Gasteiger partial charge is 0.307 e. The van der Waals surface area contributed by atoms with Crippen molar-refractivity contribution < 1.29 is 0 Å². The first-order chi connectivity index (χ1) is 8.66. The molecule has 2 unspecified atom stereocenters. The minimum Gasteiger partial charge on any atom is -0.307 e. The topological polar surface area (TPSA) is 42.7 Å². The Morgan fingerprint density at radius 2 is 2.17 bits per heavy atom. The van der Waals surface area contributed by atoms with E-state index in [4.69, 9.17) is 0 Å². The number of hydrogen-bond donors (Lipinski definition) is 1. The fraction of sp³-hybridized carbons (Fsp3) is 0.429. The summed E-state index contributed by atoms with van der Waals surface area (Å²) in [5.41, 5.74) is 2.26. The summed E-state index contributed by atoms with van der Waals surface area (Å²) < 4.78 is 2.01. The molecule has 96 valence electrons. The van der Waals surface area contributed by atoms with E-state index < -0.39 is 0 Å². The molecule has 0 spiro atoms. The second-order valence-corrected chi connectivity index (χ2v) is 4.73. The number of nitrogens with one attached hydrogen (secondary N) is 1. The fourth-order valence-electron chi connectivity index (χ4n) is 1.82. The Hall–Kier alpha value is -1.68. The van der Waals surface area contributed by atoms with Gasteiger partial charge in [-0.1, -0.05) is 6.07 Å². The summed E-state index contributed by atoms with van der Waals surface area (Å²) in [4.78, 5) is 4.30. The van der Waals surface area contributed by atoms with Gasteiger partial charge < -0.3 is 5.32 Å². The first-order valence-corrected chi connectivity index (χ1v) is 6.31. The molecule has 0 aromatic carbocycles. The van der Waals surface area contributed by atoms with Crippen LogP contribution in [0, 0.1) is 6.92 Å². The highest BCUT2D eigenvalue weighted by Gasteiger charge is 2.14. The second kappa shape index (κ2) is 5.78. The first-order valence-electron chi connectivity index (χ1n) is 6.31.